The molecule has 1 aromatic carbocycles. The van der Waals surface area contributed by atoms with Crippen molar-refractivity contribution in [2.24, 2.45) is 0 Å². The third-order valence-corrected chi connectivity index (χ3v) is 1.89. The predicted octanol–water partition coefficient (Wildman–Crippen LogP) is 3.28. The first-order chi connectivity index (χ1) is 6.16. The first-order valence-electron chi connectivity index (χ1n) is 3.72. The van der Waals surface area contributed by atoms with E-state index in [4.69, 9.17) is 11.6 Å². The highest BCUT2D eigenvalue weighted by atomic mass is 35.5. The Hall–Kier alpha value is -1.35. The van der Waals surface area contributed by atoms with Crippen molar-refractivity contribution in [3.63, 3.8) is 0 Å². The molecule has 0 fully saturated rings. The monoisotopic (exact) mass is 197 g/mol. The molecule has 0 aliphatic rings. The van der Waals surface area contributed by atoms with E-state index in [1.807, 2.05) is 0 Å². The molecule has 0 saturated heterocycles. The van der Waals surface area contributed by atoms with Gasteiger partial charge in [0.25, 0.3) is 5.69 Å². The van der Waals surface area contributed by atoms with Crippen LogP contribution in [-0.2, 0) is 0 Å². The summed E-state index contributed by atoms with van der Waals surface area (Å²) in [5, 5.41) is 11.0. The number of nitro benzene ring substituents is 1. The zero-order valence-corrected chi connectivity index (χ0v) is 7.78. The van der Waals surface area contributed by atoms with Gasteiger partial charge in [0.05, 0.1) is 15.5 Å². The lowest BCUT2D eigenvalue weighted by molar-refractivity contribution is -0.385. The summed E-state index contributed by atoms with van der Waals surface area (Å²) < 4.78 is 0. The molecule has 0 saturated carbocycles. The second-order valence-electron chi connectivity index (χ2n) is 2.43. The van der Waals surface area contributed by atoms with Gasteiger partial charge >= 0.3 is 0 Å². The van der Waals surface area contributed by atoms with Gasteiger partial charge in [-0.1, -0.05) is 29.8 Å². The van der Waals surface area contributed by atoms with E-state index < -0.39 is 4.92 Å². The molecule has 0 aromatic heterocycles. The van der Waals surface area contributed by atoms with E-state index in [0.29, 0.717) is 10.6 Å². The Kier molecular flexibility index (Phi) is 3.03. The SMILES string of the molecule is C/C=C/c1c(Cl)cccc1[N+](=O)[O-]. The summed E-state index contributed by atoms with van der Waals surface area (Å²) in [5.74, 6) is 0. The largest absolute Gasteiger partial charge is 0.278 e. The molecule has 0 N–H and O–H groups in total. The van der Waals surface area contributed by atoms with Crippen LogP contribution in [0.2, 0.25) is 5.02 Å². The summed E-state index contributed by atoms with van der Waals surface area (Å²) in [7, 11) is 0. The molecule has 13 heavy (non-hydrogen) atoms. The average Bonchev–Trinajstić information content (AvgIpc) is 2.08. The number of hydrogen-bond donors (Lipinski definition) is 0. The first-order valence-corrected chi connectivity index (χ1v) is 4.10. The van der Waals surface area contributed by atoms with Gasteiger partial charge < -0.3 is 0 Å². The molecule has 0 aliphatic heterocycles. The normalized spacial score (nSPS) is 10.6. The first kappa shape index (κ1) is 9.74. The van der Waals surface area contributed by atoms with Crippen molar-refractivity contribution < 1.29 is 4.92 Å². The van der Waals surface area contributed by atoms with Crippen molar-refractivity contribution in [2.75, 3.05) is 0 Å². The van der Waals surface area contributed by atoms with E-state index in [1.54, 1.807) is 31.2 Å². The molecule has 4 heteroatoms. The van der Waals surface area contributed by atoms with Crippen LogP contribution in [0.3, 0.4) is 0 Å². The maximum absolute atomic E-state index is 10.6. The van der Waals surface area contributed by atoms with Gasteiger partial charge in [-0.3, -0.25) is 10.1 Å². The van der Waals surface area contributed by atoms with E-state index >= 15 is 0 Å². The topological polar surface area (TPSA) is 43.1 Å². The lowest BCUT2D eigenvalue weighted by atomic mass is 10.1. The Morgan fingerprint density at radius 3 is 2.77 bits per heavy atom. The Balaban J connectivity index is 3.33. The minimum absolute atomic E-state index is 0.0330. The van der Waals surface area contributed by atoms with E-state index in [9.17, 15) is 10.1 Å². The molecule has 0 bridgehead atoms. The van der Waals surface area contributed by atoms with Crippen molar-refractivity contribution >= 4 is 23.4 Å². The Bertz CT molecular complexity index is 361. The number of hydrogen-bond acceptors (Lipinski definition) is 2. The molecule has 0 heterocycles. The van der Waals surface area contributed by atoms with E-state index in [0.717, 1.165) is 0 Å². The number of nitro groups is 1. The second kappa shape index (κ2) is 4.05. The number of allylic oxidation sites excluding steroid dienone is 1. The van der Waals surface area contributed by atoms with Crippen LogP contribution in [0.4, 0.5) is 5.69 Å². The quantitative estimate of drug-likeness (QED) is 0.539. The number of nitrogens with zero attached hydrogens (tertiary/aromatic N) is 1. The molecule has 0 radical (unpaired) electrons. The van der Waals surface area contributed by atoms with Crippen LogP contribution in [0.25, 0.3) is 6.08 Å². The maximum Gasteiger partial charge on any atom is 0.278 e. The van der Waals surface area contributed by atoms with Crippen molar-refractivity contribution in [1.82, 2.24) is 0 Å². The number of benzene rings is 1. The molecule has 0 aliphatic carbocycles. The van der Waals surface area contributed by atoms with Gasteiger partial charge in [0.1, 0.15) is 0 Å². The van der Waals surface area contributed by atoms with Crippen LogP contribution in [0.1, 0.15) is 12.5 Å². The van der Waals surface area contributed by atoms with E-state index in [2.05, 4.69) is 0 Å². The van der Waals surface area contributed by atoms with Crippen molar-refractivity contribution in [2.45, 2.75) is 6.92 Å². The van der Waals surface area contributed by atoms with Crippen molar-refractivity contribution in [3.05, 3.63) is 45.0 Å². The molecular weight excluding hydrogens is 190 g/mol. The third kappa shape index (κ3) is 2.06. The maximum atomic E-state index is 10.6. The fraction of sp³-hybridized carbons (Fsp3) is 0.111. The zero-order chi connectivity index (χ0) is 9.84. The van der Waals surface area contributed by atoms with Gasteiger partial charge in [-0.05, 0) is 13.0 Å². The Labute approximate surface area is 80.8 Å². The van der Waals surface area contributed by atoms with Gasteiger partial charge in [0.2, 0.25) is 0 Å². The van der Waals surface area contributed by atoms with E-state index in [1.165, 1.54) is 6.07 Å². The fourth-order valence-electron chi connectivity index (χ4n) is 1.02. The van der Waals surface area contributed by atoms with Gasteiger partial charge in [0.15, 0.2) is 0 Å². The standard InChI is InChI=1S/C9H8ClNO2/c1-2-4-7-8(10)5-3-6-9(7)11(12)13/h2-6H,1H3/b4-2+. The van der Waals surface area contributed by atoms with Crippen LogP contribution in [0, 0.1) is 10.1 Å². The smallest absolute Gasteiger partial charge is 0.258 e. The van der Waals surface area contributed by atoms with Crippen LogP contribution < -0.4 is 0 Å². The molecule has 0 amide bonds. The second-order valence-corrected chi connectivity index (χ2v) is 2.84. The molecule has 68 valence electrons. The molecule has 0 unspecified atom stereocenters. The highest BCUT2D eigenvalue weighted by molar-refractivity contribution is 6.32. The molecule has 0 spiro atoms. The summed E-state index contributed by atoms with van der Waals surface area (Å²) in [6, 6.07) is 4.62. The number of halogens is 1. The summed E-state index contributed by atoms with van der Waals surface area (Å²) in [4.78, 5) is 10.1. The summed E-state index contributed by atoms with van der Waals surface area (Å²) in [6.07, 6.45) is 3.34. The van der Waals surface area contributed by atoms with Gasteiger partial charge in [0, 0.05) is 6.07 Å². The van der Waals surface area contributed by atoms with Gasteiger partial charge in [-0.15, -0.1) is 0 Å². The van der Waals surface area contributed by atoms with Gasteiger partial charge in [-0.25, -0.2) is 0 Å². The van der Waals surface area contributed by atoms with Crippen LogP contribution in [0.5, 0.6) is 0 Å². The Morgan fingerprint density at radius 1 is 1.54 bits per heavy atom. The van der Waals surface area contributed by atoms with Crippen LogP contribution >= 0.6 is 11.6 Å². The van der Waals surface area contributed by atoms with Crippen LogP contribution in [0.15, 0.2) is 24.3 Å². The lowest BCUT2D eigenvalue weighted by Crippen LogP contribution is -1.91. The molecule has 1 aromatic rings. The Morgan fingerprint density at radius 2 is 2.23 bits per heavy atom. The number of rotatable bonds is 2. The van der Waals surface area contributed by atoms with Gasteiger partial charge in [-0.2, -0.15) is 0 Å². The van der Waals surface area contributed by atoms with Crippen LogP contribution in [-0.4, -0.2) is 4.92 Å². The minimum Gasteiger partial charge on any atom is -0.258 e. The molecule has 0 atom stereocenters. The third-order valence-electron chi connectivity index (χ3n) is 1.56. The van der Waals surface area contributed by atoms with Crippen molar-refractivity contribution in [1.29, 1.82) is 0 Å². The molecule has 3 nitrogen and oxygen atoms in total. The molecular formula is C9H8ClNO2. The summed E-state index contributed by atoms with van der Waals surface area (Å²) in [6.45, 7) is 1.78. The highest BCUT2D eigenvalue weighted by Crippen LogP contribution is 2.27. The average molecular weight is 198 g/mol. The molecule has 1 rings (SSSR count). The van der Waals surface area contributed by atoms with Crippen molar-refractivity contribution in [3.8, 4) is 0 Å². The lowest BCUT2D eigenvalue weighted by Gasteiger charge is -1.98. The fourth-order valence-corrected chi connectivity index (χ4v) is 1.25. The predicted molar refractivity (Wildman–Crippen MR) is 52.8 cm³/mol. The minimum atomic E-state index is -0.443. The summed E-state index contributed by atoms with van der Waals surface area (Å²) >= 11 is 5.80. The summed E-state index contributed by atoms with van der Waals surface area (Å²) in [5.41, 5.74) is 0.488. The van der Waals surface area contributed by atoms with E-state index in [-0.39, 0.29) is 5.69 Å². The zero-order valence-electron chi connectivity index (χ0n) is 7.03. The highest BCUT2D eigenvalue weighted by Gasteiger charge is 2.12.